The van der Waals surface area contributed by atoms with Gasteiger partial charge in [-0.15, -0.1) is 0 Å². The number of hydrogen-bond donors (Lipinski definition) is 1. The molecule has 2 aromatic heterocycles. The number of fused-ring (bicyclic) bond motifs is 1. The number of benzene rings is 2. The number of anilines is 2. The Labute approximate surface area is 157 Å². The highest BCUT2D eigenvalue weighted by atomic mass is 16.1. The number of carbonyl (C=O) groups excluding carboxylic acids is 1. The van der Waals surface area contributed by atoms with Crippen molar-refractivity contribution in [2.45, 2.75) is 20.8 Å². The third-order valence-electron chi connectivity index (χ3n) is 4.53. The van der Waals surface area contributed by atoms with Crippen molar-refractivity contribution >= 4 is 22.9 Å². The minimum atomic E-state index is -0.00535. The van der Waals surface area contributed by atoms with Crippen molar-refractivity contribution in [1.29, 1.82) is 0 Å². The van der Waals surface area contributed by atoms with Crippen molar-refractivity contribution in [2.24, 2.45) is 0 Å². The first-order valence-corrected chi connectivity index (χ1v) is 8.83. The van der Waals surface area contributed by atoms with E-state index in [0.717, 1.165) is 22.5 Å². The highest BCUT2D eigenvalue weighted by Crippen LogP contribution is 2.27. The average molecular weight is 356 g/mol. The molecule has 4 aromatic rings. The highest BCUT2D eigenvalue weighted by molar-refractivity contribution is 6.02. The third-order valence-corrected chi connectivity index (χ3v) is 4.53. The number of rotatable bonds is 4. The summed E-state index contributed by atoms with van der Waals surface area (Å²) in [5.41, 5.74) is 5.96. The van der Waals surface area contributed by atoms with Crippen LogP contribution in [0, 0.1) is 13.8 Å². The fourth-order valence-electron chi connectivity index (χ4n) is 3.20. The van der Waals surface area contributed by atoms with Gasteiger partial charge in [-0.3, -0.25) is 4.79 Å². The number of aryl methyl sites for hydroxylation is 2. The summed E-state index contributed by atoms with van der Waals surface area (Å²) in [5, 5.41) is 7.88. The van der Waals surface area contributed by atoms with Crippen LogP contribution in [0.1, 0.15) is 28.5 Å². The number of ketones is 1. The van der Waals surface area contributed by atoms with Gasteiger partial charge in [0.2, 0.25) is 5.95 Å². The number of Topliss-reactive ketones (excluding diaryl/α,β-unsaturated/α-hetero) is 1. The van der Waals surface area contributed by atoms with Crippen molar-refractivity contribution in [3.63, 3.8) is 0 Å². The average Bonchev–Trinajstić information content (AvgIpc) is 2.99. The Bertz CT molecular complexity index is 1130. The molecule has 2 aromatic carbocycles. The lowest BCUT2D eigenvalue weighted by atomic mass is 10.1. The van der Waals surface area contributed by atoms with Gasteiger partial charge in [0.25, 0.3) is 0 Å². The first-order chi connectivity index (χ1) is 13.0. The Morgan fingerprint density at radius 3 is 2.37 bits per heavy atom. The Balaban J connectivity index is 1.95. The van der Waals surface area contributed by atoms with Crippen LogP contribution in [0.3, 0.4) is 0 Å². The lowest BCUT2D eigenvalue weighted by Gasteiger charge is -2.11. The van der Waals surface area contributed by atoms with Crippen LogP contribution in [0.15, 0.2) is 60.7 Å². The second kappa shape index (κ2) is 6.68. The molecule has 0 aliphatic rings. The predicted molar refractivity (Wildman–Crippen MR) is 108 cm³/mol. The van der Waals surface area contributed by atoms with Crippen molar-refractivity contribution in [1.82, 2.24) is 14.6 Å². The van der Waals surface area contributed by atoms with E-state index >= 15 is 0 Å². The molecule has 0 unspecified atom stereocenters. The lowest BCUT2D eigenvalue weighted by molar-refractivity contribution is 0.101. The van der Waals surface area contributed by atoms with Gasteiger partial charge in [0, 0.05) is 11.3 Å². The molecule has 0 saturated heterocycles. The smallest absolute Gasteiger partial charge is 0.229 e. The van der Waals surface area contributed by atoms with E-state index < -0.39 is 0 Å². The Kier molecular flexibility index (Phi) is 4.20. The summed E-state index contributed by atoms with van der Waals surface area (Å²) in [6.07, 6.45) is 0. The van der Waals surface area contributed by atoms with Crippen molar-refractivity contribution in [3.8, 4) is 11.3 Å². The van der Waals surface area contributed by atoms with Gasteiger partial charge in [-0.2, -0.15) is 9.61 Å². The maximum Gasteiger partial charge on any atom is 0.229 e. The van der Waals surface area contributed by atoms with E-state index in [2.05, 4.69) is 29.5 Å². The molecule has 5 nitrogen and oxygen atoms in total. The maximum atomic E-state index is 12.2. The second-order valence-electron chi connectivity index (χ2n) is 6.64. The van der Waals surface area contributed by atoms with Crippen molar-refractivity contribution in [3.05, 3.63) is 77.5 Å². The van der Waals surface area contributed by atoms with Crippen LogP contribution in [0.2, 0.25) is 0 Å². The zero-order valence-corrected chi connectivity index (χ0v) is 15.5. The molecule has 0 radical (unpaired) electrons. The number of carbonyl (C=O) groups is 1. The Hall–Kier alpha value is -3.47. The standard InChI is InChI=1S/C22H20N4O/c1-14-9-11-17(12-10-14)19-13-20-21(16(3)27)15(2)25-26(20)22(24-19)23-18-7-5-4-6-8-18/h4-13H,1-3H3,(H,23,24). The van der Waals surface area contributed by atoms with Crippen molar-refractivity contribution in [2.75, 3.05) is 5.32 Å². The molecule has 0 aliphatic heterocycles. The first kappa shape index (κ1) is 17.0. The number of para-hydroxylation sites is 1. The Morgan fingerprint density at radius 1 is 1.00 bits per heavy atom. The Morgan fingerprint density at radius 2 is 1.70 bits per heavy atom. The minimum absolute atomic E-state index is 0.00535. The molecule has 0 atom stereocenters. The van der Waals surface area contributed by atoms with E-state index in [1.54, 1.807) is 11.4 Å². The zero-order chi connectivity index (χ0) is 19.0. The molecule has 0 bridgehead atoms. The number of nitrogens with one attached hydrogen (secondary N) is 1. The normalized spacial score (nSPS) is 10.9. The SMILES string of the molecule is CC(=O)c1c(C)nn2c(Nc3ccccc3)nc(-c3ccc(C)cc3)cc12. The predicted octanol–water partition coefficient (Wildman–Crippen LogP) is 4.96. The van der Waals surface area contributed by atoms with Gasteiger partial charge in [0.05, 0.1) is 22.5 Å². The number of aromatic nitrogens is 3. The van der Waals surface area contributed by atoms with E-state index in [1.165, 1.54) is 5.56 Å². The van der Waals surface area contributed by atoms with Crippen LogP contribution in [-0.4, -0.2) is 20.4 Å². The molecule has 0 aliphatic carbocycles. The van der Waals surface area contributed by atoms with Gasteiger partial charge in [0.15, 0.2) is 5.78 Å². The number of nitrogens with zero attached hydrogens (tertiary/aromatic N) is 3. The van der Waals surface area contributed by atoms with Gasteiger partial charge in [-0.05, 0) is 39.0 Å². The third kappa shape index (κ3) is 3.19. The van der Waals surface area contributed by atoms with E-state index in [4.69, 9.17) is 4.98 Å². The monoisotopic (exact) mass is 356 g/mol. The molecule has 1 N–H and O–H groups in total. The molecule has 2 heterocycles. The van der Waals surface area contributed by atoms with E-state index in [-0.39, 0.29) is 5.78 Å². The van der Waals surface area contributed by atoms with Crippen LogP contribution in [0.4, 0.5) is 11.6 Å². The van der Waals surface area contributed by atoms with E-state index in [9.17, 15) is 4.79 Å². The summed E-state index contributed by atoms with van der Waals surface area (Å²) in [6, 6.07) is 19.9. The molecular weight excluding hydrogens is 336 g/mol. The summed E-state index contributed by atoms with van der Waals surface area (Å²) >= 11 is 0. The van der Waals surface area contributed by atoms with Gasteiger partial charge in [0.1, 0.15) is 0 Å². The summed E-state index contributed by atoms with van der Waals surface area (Å²) in [6.45, 7) is 5.47. The topological polar surface area (TPSA) is 59.3 Å². The van der Waals surface area contributed by atoms with E-state index in [0.29, 0.717) is 17.2 Å². The fourth-order valence-corrected chi connectivity index (χ4v) is 3.20. The molecule has 4 rings (SSSR count). The van der Waals surface area contributed by atoms with Crippen LogP contribution in [0.25, 0.3) is 16.8 Å². The van der Waals surface area contributed by atoms with Gasteiger partial charge in [-0.1, -0.05) is 48.0 Å². The zero-order valence-electron chi connectivity index (χ0n) is 15.5. The molecule has 0 saturated carbocycles. The lowest BCUT2D eigenvalue weighted by Crippen LogP contribution is -2.04. The quantitative estimate of drug-likeness (QED) is 0.525. The molecule has 0 amide bonds. The molecule has 0 spiro atoms. The van der Waals surface area contributed by atoms with Gasteiger partial charge < -0.3 is 5.32 Å². The fraction of sp³-hybridized carbons (Fsp3) is 0.136. The molecule has 27 heavy (non-hydrogen) atoms. The molecule has 5 heteroatoms. The van der Waals surface area contributed by atoms with Gasteiger partial charge in [-0.25, -0.2) is 4.98 Å². The largest absolute Gasteiger partial charge is 0.324 e. The van der Waals surface area contributed by atoms with Crippen LogP contribution < -0.4 is 5.32 Å². The first-order valence-electron chi connectivity index (χ1n) is 8.83. The molecule has 134 valence electrons. The summed E-state index contributed by atoms with van der Waals surface area (Å²) < 4.78 is 1.71. The van der Waals surface area contributed by atoms with Crippen molar-refractivity contribution < 1.29 is 4.79 Å². The maximum absolute atomic E-state index is 12.2. The minimum Gasteiger partial charge on any atom is -0.324 e. The van der Waals surface area contributed by atoms with E-state index in [1.807, 2.05) is 55.5 Å². The molecular formula is C22H20N4O. The van der Waals surface area contributed by atoms with Crippen LogP contribution >= 0.6 is 0 Å². The van der Waals surface area contributed by atoms with Crippen LogP contribution in [-0.2, 0) is 0 Å². The molecule has 0 fully saturated rings. The highest BCUT2D eigenvalue weighted by Gasteiger charge is 2.18. The van der Waals surface area contributed by atoms with Gasteiger partial charge >= 0.3 is 0 Å². The summed E-state index contributed by atoms with van der Waals surface area (Å²) in [4.78, 5) is 17.0. The van der Waals surface area contributed by atoms with Crippen LogP contribution in [0.5, 0.6) is 0 Å². The summed E-state index contributed by atoms with van der Waals surface area (Å²) in [5.74, 6) is 0.569. The second-order valence-corrected chi connectivity index (χ2v) is 6.64. The summed E-state index contributed by atoms with van der Waals surface area (Å²) in [7, 11) is 0. The number of hydrogen-bond acceptors (Lipinski definition) is 4.